The number of rotatable bonds is 4. The minimum Gasteiger partial charge on any atom is -0.357 e. The van der Waals surface area contributed by atoms with Crippen LogP contribution in [0.5, 0.6) is 0 Å². The first kappa shape index (κ1) is 12.9. The Hall–Kier alpha value is -1.10. The maximum Gasteiger partial charge on any atom is 0.242 e. The summed E-state index contributed by atoms with van der Waals surface area (Å²) >= 11 is 0. The van der Waals surface area contributed by atoms with Crippen molar-refractivity contribution < 1.29 is 9.59 Å². The summed E-state index contributed by atoms with van der Waals surface area (Å²) in [6.07, 6.45) is 0. The van der Waals surface area contributed by atoms with Crippen molar-refractivity contribution in [2.75, 3.05) is 7.05 Å². The van der Waals surface area contributed by atoms with Gasteiger partial charge in [-0.2, -0.15) is 0 Å². The summed E-state index contributed by atoms with van der Waals surface area (Å²) in [5.41, 5.74) is 5.61. The molecule has 0 aromatic carbocycles. The van der Waals surface area contributed by atoms with E-state index >= 15 is 0 Å². The zero-order valence-corrected chi connectivity index (χ0v) is 9.13. The monoisotopic (exact) mass is 201 g/mol. The molecular formula is C9H19N3O2. The van der Waals surface area contributed by atoms with E-state index in [2.05, 4.69) is 10.6 Å². The van der Waals surface area contributed by atoms with Gasteiger partial charge in [0.15, 0.2) is 0 Å². The first-order valence-electron chi connectivity index (χ1n) is 4.67. The Morgan fingerprint density at radius 1 is 1.14 bits per heavy atom. The van der Waals surface area contributed by atoms with Gasteiger partial charge < -0.3 is 16.4 Å². The summed E-state index contributed by atoms with van der Waals surface area (Å²) in [5.74, 6) is -0.461. The Bertz CT molecular complexity index is 216. The Morgan fingerprint density at radius 2 is 1.64 bits per heavy atom. The van der Waals surface area contributed by atoms with Gasteiger partial charge in [0.2, 0.25) is 11.8 Å². The molecule has 82 valence electrons. The first-order chi connectivity index (χ1) is 6.40. The zero-order valence-electron chi connectivity index (χ0n) is 9.13. The lowest BCUT2D eigenvalue weighted by molar-refractivity contribution is -0.129. The molecule has 0 saturated heterocycles. The quantitative estimate of drug-likeness (QED) is 0.558. The molecule has 0 aromatic heterocycles. The van der Waals surface area contributed by atoms with E-state index in [0.717, 1.165) is 0 Å². The highest BCUT2D eigenvalue weighted by Gasteiger charge is 2.21. The van der Waals surface area contributed by atoms with E-state index in [4.69, 9.17) is 5.73 Å². The van der Waals surface area contributed by atoms with E-state index in [1.807, 2.05) is 13.8 Å². The van der Waals surface area contributed by atoms with E-state index in [1.165, 1.54) is 7.05 Å². The predicted molar refractivity (Wildman–Crippen MR) is 54.5 cm³/mol. The SMILES string of the molecule is CNC(=O)C(C)NC(=O)C(N)C(C)C. The largest absolute Gasteiger partial charge is 0.357 e. The van der Waals surface area contributed by atoms with Gasteiger partial charge in [-0.25, -0.2) is 0 Å². The minimum absolute atomic E-state index is 0.0619. The lowest BCUT2D eigenvalue weighted by Gasteiger charge is -2.18. The summed E-state index contributed by atoms with van der Waals surface area (Å²) < 4.78 is 0. The molecule has 0 aromatic rings. The lowest BCUT2D eigenvalue weighted by Crippen LogP contribution is -2.51. The van der Waals surface area contributed by atoms with Crippen LogP contribution in [0.3, 0.4) is 0 Å². The van der Waals surface area contributed by atoms with E-state index in [1.54, 1.807) is 6.92 Å². The number of carbonyl (C=O) groups is 2. The van der Waals surface area contributed by atoms with Crippen molar-refractivity contribution in [1.29, 1.82) is 0 Å². The fourth-order valence-corrected chi connectivity index (χ4v) is 0.894. The molecule has 0 fully saturated rings. The van der Waals surface area contributed by atoms with Crippen LogP contribution in [0.4, 0.5) is 0 Å². The average molecular weight is 201 g/mol. The maximum absolute atomic E-state index is 11.4. The van der Waals surface area contributed by atoms with Crippen LogP contribution in [0.25, 0.3) is 0 Å². The van der Waals surface area contributed by atoms with Gasteiger partial charge in [-0.1, -0.05) is 13.8 Å². The van der Waals surface area contributed by atoms with Crippen LogP contribution in [-0.2, 0) is 9.59 Å². The van der Waals surface area contributed by atoms with Gasteiger partial charge >= 0.3 is 0 Å². The zero-order chi connectivity index (χ0) is 11.3. The highest BCUT2D eigenvalue weighted by atomic mass is 16.2. The normalized spacial score (nSPS) is 14.7. The molecule has 5 heteroatoms. The van der Waals surface area contributed by atoms with Gasteiger partial charge in [0, 0.05) is 7.05 Å². The highest BCUT2D eigenvalue weighted by molar-refractivity contribution is 5.89. The van der Waals surface area contributed by atoms with Crippen molar-refractivity contribution >= 4 is 11.8 Å². The van der Waals surface area contributed by atoms with Gasteiger partial charge in [-0.05, 0) is 12.8 Å². The summed E-state index contributed by atoms with van der Waals surface area (Å²) in [7, 11) is 1.52. The van der Waals surface area contributed by atoms with E-state index in [-0.39, 0.29) is 17.7 Å². The van der Waals surface area contributed by atoms with Gasteiger partial charge in [0.1, 0.15) is 6.04 Å². The third-order valence-corrected chi connectivity index (χ3v) is 2.02. The molecular weight excluding hydrogens is 182 g/mol. The standard InChI is InChI=1S/C9H19N3O2/c1-5(2)7(10)9(14)12-6(3)8(13)11-4/h5-7H,10H2,1-4H3,(H,11,13)(H,12,14). The smallest absolute Gasteiger partial charge is 0.242 e. The van der Waals surface area contributed by atoms with Crippen LogP contribution < -0.4 is 16.4 Å². The molecule has 0 aliphatic carbocycles. The number of likely N-dealkylation sites (N-methyl/N-ethyl adjacent to an activating group) is 1. The molecule has 2 unspecified atom stereocenters. The summed E-state index contributed by atoms with van der Waals surface area (Å²) in [5, 5.41) is 4.98. The van der Waals surface area contributed by atoms with Crippen molar-refractivity contribution in [2.24, 2.45) is 11.7 Å². The fraction of sp³-hybridized carbons (Fsp3) is 0.778. The van der Waals surface area contributed by atoms with E-state index < -0.39 is 12.1 Å². The van der Waals surface area contributed by atoms with Crippen molar-refractivity contribution in [3.8, 4) is 0 Å². The van der Waals surface area contributed by atoms with Crippen LogP contribution >= 0.6 is 0 Å². The summed E-state index contributed by atoms with van der Waals surface area (Å²) in [6, 6.07) is -1.11. The topological polar surface area (TPSA) is 84.2 Å². The number of nitrogens with two attached hydrogens (primary N) is 1. The lowest BCUT2D eigenvalue weighted by atomic mass is 10.0. The van der Waals surface area contributed by atoms with Gasteiger partial charge in [-0.3, -0.25) is 9.59 Å². The van der Waals surface area contributed by atoms with Crippen LogP contribution in [0.2, 0.25) is 0 Å². The van der Waals surface area contributed by atoms with Gasteiger partial charge in [0.05, 0.1) is 6.04 Å². The molecule has 0 aliphatic rings. The molecule has 14 heavy (non-hydrogen) atoms. The first-order valence-corrected chi connectivity index (χ1v) is 4.67. The molecule has 4 N–H and O–H groups in total. The predicted octanol–water partition coefficient (Wildman–Crippen LogP) is -0.780. The third kappa shape index (κ3) is 3.74. The van der Waals surface area contributed by atoms with Gasteiger partial charge in [-0.15, -0.1) is 0 Å². The molecule has 0 bridgehead atoms. The molecule has 2 atom stereocenters. The molecule has 0 radical (unpaired) electrons. The van der Waals surface area contributed by atoms with Crippen LogP contribution in [0.15, 0.2) is 0 Å². The molecule has 0 rings (SSSR count). The molecule has 2 amide bonds. The van der Waals surface area contributed by atoms with Crippen molar-refractivity contribution in [1.82, 2.24) is 10.6 Å². The third-order valence-electron chi connectivity index (χ3n) is 2.02. The molecule has 0 aliphatic heterocycles. The van der Waals surface area contributed by atoms with Crippen LogP contribution in [-0.4, -0.2) is 30.9 Å². The number of amides is 2. The number of nitrogens with one attached hydrogen (secondary N) is 2. The summed E-state index contributed by atoms with van der Waals surface area (Å²) in [4.78, 5) is 22.5. The number of carbonyl (C=O) groups excluding carboxylic acids is 2. The van der Waals surface area contributed by atoms with Gasteiger partial charge in [0.25, 0.3) is 0 Å². The Morgan fingerprint density at radius 3 is 2.00 bits per heavy atom. The molecule has 0 spiro atoms. The van der Waals surface area contributed by atoms with E-state index in [9.17, 15) is 9.59 Å². The Balaban J connectivity index is 4.12. The molecule has 0 heterocycles. The van der Waals surface area contributed by atoms with Crippen LogP contribution in [0.1, 0.15) is 20.8 Å². The van der Waals surface area contributed by atoms with Crippen molar-refractivity contribution in [3.05, 3.63) is 0 Å². The number of hydrogen-bond donors (Lipinski definition) is 3. The average Bonchev–Trinajstić information content (AvgIpc) is 2.14. The fourth-order valence-electron chi connectivity index (χ4n) is 0.894. The second kappa shape index (κ2) is 5.59. The minimum atomic E-state index is -0.567. The van der Waals surface area contributed by atoms with Crippen molar-refractivity contribution in [3.63, 3.8) is 0 Å². The molecule has 5 nitrogen and oxygen atoms in total. The second-order valence-corrected chi connectivity index (χ2v) is 3.61. The number of hydrogen-bond acceptors (Lipinski definition) is 3. The second-order valence-electron chi connectivity index (χ2n) is 3.61. The summed E-state index contributed by atoms with van der Waals surface area (Å²) in [6.45, 7) is 5.33. The van der Waals surface area contributed by atoms with Crippen molar-refractivity contribution in [2.45, 2.75) is 32.9 Å². The maximum atomic E-state index is 11.4. The Kier molecular flexibility index (Phi) is 5.15. The Labute approximate surface area is 84.4 Å². The highest BCUT2D eigenvalue weighted by Crippen LogP contribution is 1.98. The van der Waals surface area contributed by atoms with E-state index in [0.29, 0.717) is 0 Å². The van der Waals surface area contributed by atoms with Crippen LogP contribution in [0, 0.1) is 5.92 Å². The molecule has 0 saturated carbocycles.